The Morgan fingerprint density at radius 1 is 1.08 bits per heavy atom. The number of rotatable bonds is 12. The number of para-hydroxylation sites is 1. The Kier molecular flexibility index (Phi) is 9.85. The molecular weight excluding hydrogens is 496 g/mol. The van der Waals surface area contributed by atoms with Crippen LogP contribution in [0.25, 0.3) is 11.1 Å². The van der Waals surface area contributed by atoms with Crippen molar-refractivity contribution in [2.45, 2.75) is 44.8 Å². The normalized spacial score (nSPS) is 16.2. The zero-order valence-corrected chi connectivity index (χ0v) is 22.9. The van der Waals surface area contributed by atoms with Crippen LogP contribution in [-0.2, 0) is 11.3 Å². The van der Waals surface area contributed by atoms with E-state index in [1.165, 1.54) is 0 Å². The molecule has 7 heteroatoms. The zero-order valence-electron chi connectivity index (χ0n) is 22.1. The molecule has 0 bridgehead atoms. The summed E-state index contributed by atoms with van der Waals surface area (Å²) in [5, 5.41) is 12.4. The lowest BCUT2D eigenvalue weighted by Gasteiger charge is -2.25. The number of carbonyl (C=O) groups is 2. The van der Waals surface area contributed by atoms with E-state index in [1.54, 1.807) is 11.8 Å². The predicted molar refractivity (Wildman–Crippen MR) is 154 cm³/mol. The highest BCUT2D eigenvalue weighted by molar-refractivity contribution is 7.98. The van der Waals surface area contributed by atoms with Gasteiger partial charge in [0.25, 0.3) is 5.91 Å². The molecule has 1 unspecified atom stereocenters. The van der Waals surface area contributed by atoms with E-state index < -0.39 is 12.0 Å². The van der Waals surface area contributed by atoms with Gasteiger partial charge in [-0.2, -0.15) is 11.8 Å². The Labute approximate surface area is 229 Å². The topological polar surface area (TPSA) is 78.9 Å². The second-order valence-corrected chi connectivity index (χ2v) is 10.7. The number of amides is 1. The standard InChI is InChI=1S/C31H36N2O4S/c1-22-9-6-7-13-26(22)28-19-23(14-15-27(28)30(34)32-29(31(35)36)16-18-38-2)20-33-17-8-10-24(33)21-37-25-11-4-3-5-12-25/h3-7,9,11-15,19,24,29H,8,10,16-18,20-21H2,1-2H3,(H,32,34)(H,35,36)/t24-,29?/m0/s1. The third kappa shape index (κ3) is 7.17. The molecule has 0 radical (unpaired) electrons. The number of hydrogen-bond donors (Lipinski definition) is 2. The molecule has 1 fully saturated rings. The largest absolute Gasteiger partial charge is 0.492 e. The number of benzene rings is 3. The van der Waals surface area contributed by atoms with Gasteiger partial charge in [0.05, 0.1) is 0 Å². The maximum atomic E-state index is 13.3. The van der Waals surface area contributed by atoms with Gasteiger partial charge in [-0.1, -0.05) is 48.5 Å². The predicted octanol–water partition coefficient (Wildman–Crippen LogP) is 5.64. The second kappa shape index (κ2) is 13.5. The van der Waals surface area contributed by atoms with Gasteiger partial charge in [-0.25, -0.2) is 4.79 Å². The second-order valence-electron chi connectivity index (χ2n) is 9.73. The SMILES string of the molecule is CSCCC(NC(=O)c1ccc(CN2CCC[C@H]2COc2ccccc2)cc1-c1ccccc1C)C(=O)O. The summed E-state index contributed by atoms with van der Waals surface area (Å²) in [5.74, 6) is 0.165. The summed E-state index contributed by atoms with van der Waals surface area (Å²) in [6, 6.07) is 23.2. The fraction of sp³-hybridized carbons (Fsp3) is 0.355. The van der Waals surface area contributed by atoms with E-state index in [-0.39, 0.29) is 5.91 Å². The number of likely N-dealkylation sites (tertiary alicyclic amines) is 1. The number of hydrogen-bond acceptors (Lipinski definition) is 5. The van der Waals surface area contributed by atoms with E-state index in [2.05, 4.69) is 16.3 Å². The fourth-order valence-corrected chi connectivity index (χ4v) is 5.42. The molecule has 0 aliphatic carbocycles. The molecule has 6 nitrogen and oxygen atoms in total. The van der Waals surface area contributed by atoms with Gasteiger partial charge in [0.2, 0.25) is 0 Å². The van der Waals surface area contributed by atoms with Crippen LogP contribution in [0.3, 0.4) is 0 Å². The molecule has 2 atom stereocenters. The first kappa shape index (κ1) is 27.7. The molecule has 0 aromatic heterocycles. The lowest BCUT2D eigenvalue weighted by Crippen LogP contribution is -2.41. The van der Waals surface area contributed by atoms with Crippen LogP contribution in [0.15, 0.2) is 72.8 Å². The van der Waals surface area contributed by atoms with E-state index in [0.29, 0.717) is 30.4 Å². The quantitative estimate of drug-likeness (QED) is 0.314. The highest BCUT2D eigenvalue weighted by Crippen LogP contribution is 2.30. The lowest BCUT2D eigenvalue weighted by molar-refractivity contribution is -0.139. The fourth-order valence-electron chi connectivity index (χ4n) is 4.95. The van der Waals surface area contributed by atoms with E-state index >= 15 is 0 Å². The van der Waals surface area contributed by atoms with Crippen molar-refractivity contribution in [2.75, 3.05) is 25.2 Å². The smallest absolute Gasteiger partial charge is 0.326 e. The van der Waals surface area contributed by atoms with Crippen molar-refractivity contribution in [3.63, 3.8) is 0 Å². The molecule has 0 spiro atoms. The molecule has 1 aliphatic heterocycles. The van der Waals surface area contributed by atoms with Gasteiger partial charge in [0.15, 0.2) is 0 Å². The van der Waals surface area contributed by atoms with Gasteiger partial charge < -0.3 is 15.2 Å². The Bertz CT molecular complexity index is 1230. The molecule has 4 rings (SSSR count). The minimum Gasteiger partial charge on any atom is -0.492 e. The first-order valence-corrected chi connectivity index (χ1v) is 14.5. The summed E-state index contributed by atoms with van der Waals surface area (Å²) >= 11 is 1.56. The summed E-state index contributed by atoms with van der Waals surface area (Å²) in [6.07, 6.45) is 4.51. The molecule has 3 aromatic carbocycles. The van der Waals surface area contributed by atoms with Crippen LogP contribution in [0.1, 0.15) is 40.7 Å². The van der Waals surface area contributed by atoms with Crippen molar-refractivity contribution in [3.8, 4) is 16.9 Å². The number of carbonyl (C=O) groups excluding carboxylic acids is 1. The molecule has 1 heterocycles. The molecule has 1 saturated heterocycles. The zero-order chi connectivity index (χ0) is 26.9. The Balaban J connectivity index is 1.56. The van der Waals surface area contributed by atoms with Crippen LogP contribution in [0.5, 0.6) is 5.75 Å². The number of aliphatic carboxylic acids is 1. The van der Waals surface area contributed by atoms with Gasteiger partial charge in [-0.3, -0.25) is 9.69 Å². The van der Waals surface area contributed by atoms with Gasteiger partial charge in [-0.05, 0) is 91.3 Å². The molecule has 0 saturated carbocycles. The molecule has 38 heavy (non-hydrogen) atoms. The van der Waals surface area contributed by atoms with Gasteiger partial charge >= 0.3 is 5.97 Å². The summed E-state index contributed by atoms with van der Waals surface area (Å²) in [5.41, 5.74) is 4.46. The van der Waals surface area contributed by atoms with Crippen LogP contribution < -0.4 is 10.1 Å². The van der Waals surface area contributed by atoms with E-state index in [0.717, 1.165) is 53.9 Å². The number of carboxylic acid groups (broad SMARTS) is 1. The van der Waals surface area contributed by atoms with Crippen LogP contribution in [0.2, 0.25) is 0 Å². The first-order chi connectivity index (χ1) is 18.5. The molecule has 200 valence electrons. The van der Waals surface area contributed by atoms with Gasteiger partial charge in [0.1, 0.15) is 18.4 Å². The average molecular weight is 533 g/mol. The van der Waals surface area contributed by atoms with Crippen molar-refractivity contribution in [3.05, 3.63) is 89.5 Å². The number of nitrogens with one attached hydrogen (secondary N) is 1. The van der Waals surface area contributed by atoms with E-state index in [1.807, 2.05) is 79.9 Å². The monoisotopic (exact) mass is 532 g/mol. The molecule has 1 aliphatic rings. The molecule has 1 amide bonds. The highest BCUT2D eigenvalue weighted by atomic mass is 32.2. The third-order valence-corrected chi connectivity index (χ3v) is 7.69. The number of carboxylic acids is 1. The molecule has 3 aromatic rings. The minimum absolute atomic E-state index is 0.327. The number of aryl methyl sites for hydroxylation is 1. The molecular formula is C31H36N2O4S. The summed E-state index contributed by atoms with van der Waals surface area (Å²) in [7, 11) is 0. The van der Waals surface area contributed by atoms with Crippen LogP contribution in [0, 0.1) is 6.92 Å². The van der Waals surface area contributed by atoms with Gasteiger partial charge in [-0.15, -0.1) is 0 Å². The summed E-state index contributed by atoms with van der Waals surface area (Å²) in [4.78, 5) is 27.6. The molecule has 2 N–H and O–H groups in total. The Morgan fingerprint density at radius 2 is 1.84 bits per heavy atom. The lowest BCUT2D eigenvalue weighted by atomic mass is 9.93. The maximum Gasteiger partial charge on any atom is 0.326 e. The van der Waals surface area contributed by atoms with Crippen molar-refractivity contribution >= 4 is 23.6 Å². The number of thioether (sulfide) groups is 1. The minimum atomic E-state index is -1.01. The van der Waals surface area contributed by atoms with Crippen molar-refractivity contribution < 1.29 is 19.4 Å². The Hall–Kier alpha value is -3.29. The third-order valence-electron chi connectivity index (χ3n) is 7.05. The maximum absolute atomic E-state index is 13.3. The van der Waals surface area contributed by atoms with Crippen molar-refractivity contribution in [1.82, 2.24) is 10.2 Å². The van der Waals surface area contributed by atoms with Crippen LogP contribution >= 0.6 is 11.8 Å². The number of ether oxygens (including phenoxy) is 1. The Morgan fingerprint density at radius 3 is 2.58 bits per heavy atom. The summed E-state index contributed by atoms with van der Waals surface area (Å²) < 4.78 is 6.06. The van der Waals surface area contributed by atoms with E-state index in [4.69, 9.17) is 4.74 Å². The number of nitrogens with zero attached hydrogens (tertiary/aromatic N) is 1. The average Bonchev–Trinajstić information content (AvgIpc) is 3.37. The van der Waals surface area contributed by atoms with E-state index in [9.17, 15) is 14.7 Å². The van der Waals surface area contributed by atoms with Crippen molar-refractivity contribution in [1.29, 1.82) is 0 Å². The summed E-state index contributed by atoms with van der Waals surface area (Å²) in [6.45, 7) is 4.43. The van der Waals surface area contributed by atoms with Crippen molar-refractivity contribution in [2.24, 2.45) is 0 Å². The van der Waals surface area contributed by atoms with Gasteiger partial charge in [0, 0.05) is 18.2 Å². The van der Waals surface area contributed by atoms with Crippen LogP contribution in [-0.4, -0.2) is 59.1 Å². The highest BCUT2D eigenvalue weighted by Gasteiger charge is 2.26. The van der Waals surface area contributed by atoms with Crippen LogP contribution in [0.4, 0.5) is 0 Å². The first-order valence-electron chi connectivity index (χ1n) is 13.1.